The van der Waals surface area contributed by atoms with Crippen LogP contribution in [0.1, 0.15) is 49.5 Å². The molecule has 2 rings (SSSR count). The monoisotopic (exact) mass is 261 g/mol. The zero-order chi connectivity index (χ0) is 13.7. The van der Waals surface area contributed by atoms with Gasteiger partial charge in [0.1, 0.15) is 5.69 Å². The van der Waals surface area contributed by atoms with Gasteiger partial charge in [0, 0.05) is 13.1 Å². The molecule has 2 atom stereocenters. The molecule has 0 bridgehead atoms. The zero-order valence-electron chi connectivity index (χ0n) is 11.8. The molecule has 0 spiro atoms. The molecule has 2 unspecified atom stereocenters. The molecular weight excluding hydrogens is 238 g/mol. The Labute approximate surface area is 115 Å². The molecule has 4 heteroatoms. The Hall–Kier alpha value is -1.58. The maximum Gasteiger partial charge on any atom is 0.270 e. The lowest BCUT2D eigenvalue weighted by molar-refractivity contribution is 0.0916. The average molecular weight is 261 g/mol. The second-order valence-corrected chi connectivity index (χ2v) is 5.38. The second-order valence-electron chi connectivity index (χ2n) is 5.38. The van der Waals surface area contributed by atoms with Crippen LogP contribution in [-0.4, -0.2) is 24.0 Å². The summed E-state index contributed by atoms with van der Waals surface area (Å²) >= 11 is 0. The Kier molecular flexibility index (Phi) is 4.77. The highest BCUT2D eigenvalue weighted by atomic mass is 16.1. The van der Waals surface area contributed by atoms with Crippen molar-refractivity contribution in [2.75, 3.05) is 12.4 Å². The summed E-state index contributed by atoms with van der Waals surface area (Å²) in [5, 5.41) is 6.14. The number of carbonyl (C=O) groups is 1. The van der Waals surface area contributed by atoms with Crippen LogP contribution in [0.15, 0.2) is 18.3 Å². The number of anilines is 1. The van der Waals surface area contributed by atoms with Gasteiger partial charge in [0.15, 0.2) is 0 Å². The molecule has 1 aliphatic carbocycles. The average Bonchev–Trinajstić information content (AvgIpc) is 2.64. The Morgan fingerprint density at radius 3 is 2.74 bits per heavy atom. The number of nitrogens with zero attached hydrogens (tertiary/aromatic N) is 1. The fourth-order valence-electron chi connectivity index (χ4n) is 2.63. The van der Waals surface area contributed by atoms with Gasteiger partial charge < -0.3 is 10.6 Å². The number of nitrogens with one attached hydrogen (secondary N) is 2. The molecule has 0 aliphatic heterocycles. The van der Waals surface area contributed by atoms with Crippen molar-refractivity contribution in [2.45, 2.75) is 45.1 Å². The third-order valence-electron chi connectivity index (χ3n) is 3.96. The molecule has 0 aromatic carbocycles. The molecule has 2 N–H and O–H groups in total. The highest BCUT2D eigenvalue weighted by Crippen LogP contribution is 2.23. The summed E-state index contributed by atoms with van der Waals surface area (Å²) in [6, 6.07) is 3.93. The van der Waals surface area contributed by atoms with Gasteiger partial charge in [-0.3, -0.25) is 4.79 Å². The highest BCUT2D eigenvalue weighted by Gasteiger charge is 2.22. The van der Waals surface area contributed by atoms with Crippen molar-refractivity contribution >= 4 is 11.6 Å². The van der Waals surface area contributed by atoms with E-state index in [9.17, 15) is 4.79 Å². The minimum atomic E-state index is -0.0543. The van der Waals surface area contributed by atoms with E-state index in [1.807, 2.05) is 13.1 Å². The van der Waals surface area contributed by atoms with Crippen LogP contribution in [-0.2, 0) is 0 Å². The molecule has 1 aliphatic rings. The van der Waals surface area contributed by atoms with E-state index in [1.54, 1.807) is 12.3 Å². The summed E-state index contributed by atoms with van der Waals surface area (Å²) in [7, 11) is 1.84. The maximum absolute atomic E-state index is 12.2. The number of amides is 1. The SMILES string of the molecule is CNc1ccc(C(=O)NC2CCCCCC2C)nc1. The van der Waals surface area contributed by atoms with Crippen LogP contribution in [0, 0.1) is 5.92 Å². The van der Waals surface area contributed by atoms with Crippen LogP contribution in [0.3, 0.4) is 0 Å². The van der Waals surface area contributed by atoms with Gasteiger partial charge in [-0.2, -0.15) is 0 Å². The first-order valence-electron chi connectivity index (χ1n) is 7.15. The van der Waals surface area contributed by atoms with Gasteiger partial charge in [0.2, 0.25) is 0 Å². The van der Waals surface area contributed by atoms with Crippen molar-refractivity contribution in [1.82, 2.24) is 10.3 Å². The number of rotatable bonds is 3. The quantitative estimate of drug-likeness (QED) is 0.823. The third kappa shape index (κ3) is 3.69. The molecule has 1 heterocycles. The minimum Gasteiger partial charge on any atom is -0.387 e. The van der Waals surface area contributed by atoms with Crippen LogP contribution in [0.5, 0.6) is 0 Å². The van der Waals surface area contributed by atoms with Crippen LogP contribution in [0.4, 0.5) is 5.69 Å². The summed E-state index contributed by atoms with van der Waals surface area (Å²) in [5.41, 5.74) is 1.41. The zero-order valence-corrected chi connectivity index (χ0v) is 11.8. The van der Waals surface area contributed by atoms with Gasteiger partial charge in [-0.05, 0) is 30.9 Å². The molecule has 4 nitrogen and oxygen atoms in total. The van der Waals surface area contributed by atoms with Crippen molar-refractivity contribution < 1.29 is 4.79 Å². The largest absolute Gasteiger partial charge is 0.387 e. The standard InChI is InChI=1S/C15H23N3O/c1-11-6-4-3-5-7-13(11)18-15(19)14-9-8-12(16-2)10-17-14/h8-11,13,16H,3-7H2,1-2H3,(H,18,19). The number of aromatic nitrogens is 1. The lowest BCUT2D eigenvalue weighted by Gasteiger charge is -2.22. The van der Waals surface area contributed by atoms with E-state index in [4.69, 9.17) is 0 Å². The normalized spacial score (nSPS) is 23.5. The highest BCUT2D eigenvalue weighted by molar-refractivity contribution is 5.92. The van der Waals surface area contributed by atoms with E-state index < -0.39 is 0 Å². The maximum atomic E-state index is 12.2. The summed E-state index contributed by atoms with van der Waals surface area (Å²) in [6.45, 7) is 2.23. The van der Waals surface area contributed by atoms with E-state index in [-0.39, 0.29) is 5.91 Å². The summed E-state index contributed by atoms with van der Waals surface area (Å²) in [5.74, 6) is 0.504. The van der Waals surface area contributed by atoms with E-state index in [1.165, 1.54) is 25.7 Å². The summed E-state index contributed by atoms with van der Waals surface area (Å²) < 4.78 is 0. The van der Waals surface area contributed by atoms with Gasteiger partial charge in [-0.15, -0.1) is 0 Å². The van der Waals surface area contributed by atoms with E-state index in [0.29, 0.717) is 17.7 Å². The molecule has 0 saturated heterocycles. The molecule has 19 heavy (non-hydrogen) atoms. The van der Waals surface area contributed by atoms with Crippen molar-refractivity contribution in [3.05, 3.63) is 24.0 Å². The van der Waals surface area contributed by atoms with Crippen molar-refractivity contribution in [2.24, 2.45) is 5.92 Å². The van der Waals surface area contributed by atoms with Gasteiger partial charge in [-0.1, -0.05) is 26.2 Å². The number of hydrogen-bond acceptors (Lipinski definition) is 3. The van der Waals surface area contributed by atoms with Crippen molar-refractivity contribution in [3.8, 4) is 0 Å². The van der Waals surface area contributed by atoms with Gasteiger partial charge in [-0.25, -0.2) is 4.98 Å². The van der Waals surface area contributed by atoms with E-state index in [0.717, 1.165) is 12.1 Å². The first kappa shape index (κ1) is 13.8. The van der Waals surface area contributed by atoms with Crippen LogP contribution in [0.25, 0.3) is 0 Å². The van der Waals surface area contributed by atoms with Gasteiger partial charge in [0.25, 0.3) is 5.91 Å². The Bertz CT molecular complexity index is 416. The molecular formula is C15H23N3O. The fraction of sp³-hybridized carbons (Fsp3) is 0.600. The van der Waals surface area contributed by atoms with Crippen LogP contribution in [0.2, 0.25) is 0 Å². The summed E-state index contributed by atoms with van der Waals surface area (Å²) in [6.07, 6.45) is 7.75. The minimum absolute atomic E-state index is 0.0543. The number of carbonyl (C=O) groups excluding carboxylic acids is 1. The second kappa shape index (κ2) is 6.55. The lowest BCUT2D eigenvalue weighted by Crippen LogP contribution is -2.39. The molecule has 1 amide bonds. The van der Waals surface area contributed by atoms with Crippen molar-refractivity contribution in [3.63, 3.8) is 0 Å². The molecule has 0 radical (unpaired) electrons. The molecule has 104 valence electrons. The Morgan fingerprint density at radius 2 is 2.05 bits per heavy atom. The van der Waals surface area contributed by atoms with Crippen LogP contribution >= 0.6 is 0 Å². The molecule has 1 saturated carbocycles. The number of pyridine rings is 1. The first-order valence-corrected chi connectivity index (χ1v) is 7.15. The van der Waals surface area contributed by atoms with E-state index >= 15 is 0 Å². The Morgan fingerprint density at radius 1 is 1.26 bits per heavy atom. The smallest absolute Gasteiger partial charge is 0.270 e. The number of hydrogen-bond donors (Lipinski definition) is 2. The van der Waals surface area contributed by atoms with Gasteiger partial charge >= 0.3 is 0 Å². The lowest BCUT2D eigenvalue weighted by atomic mass is 9.97. The Balaban J connectivity index is 1.98. The first-order chi connectivity index (χ1) is 9.20. The fourth-order valence-corrected chi connectivity index (χ4v) is 2.63. The predicted molar refractivity (Wildman–Crippen MR) is 77.3 cm³/mol. The predicted octanol–water partition coefficient (Wildman–Crippen LogP) is 2.82. The molecule has 1 aromatic rings. The third-order valence-corrected chi connectivity index (χ3v) is 3.96. The molecule has 1 aromatic heterocycles. The van der Waals surface area contributed by atoms with Crippen molar-refractivity contribution in [1.29, 1.82) is 0 Å². The van der Waals surface area contributed by atoms with Gasteiger partial charge in [0.05, 0.1) is 11.9 Å². The topological polar surface area (TPSA) is 54.0 Å². The van der Waals surface area contributed by atoms with Crippen LogP contribution < -0.4 is 10.6 Å². The molecule has 1 fully saturated rings. The van der Waals surface area contributed by atoms with E-state index in [2.05, 4.69) is 22.5 Å². The summed E-state index contributed by atoms with van der Waals surface area (Å²) in [4.78, 5) is 16.4.